The molecule has 0 aliphatic heterocycles. The minimum absolute atomic E-state index is 0.00472. The number of esters is 1. The normalized spacial score (nSPS) is 47.9. The third-order valence-corrected chi connectivity index (χ3v) is 6.20. The zero-order valence-electron chi connectivity index (χ0n) is 12.2. The van der Waals surface area contributed by atoms with Crippen LogP contribution in [0.4, 0.5) is 0 Å². The summed E-state index contributed by atoms with van der Waals surface area (Å²) in [5.74, 6) is 0.978. The van der Waals surface area contributed by atoms with Crippen molar-refractivity contribution < 1.29 is 14.3 Å². The topological polar surface area (TPSA) is 43.4 Å². The zero-order valence-corrected chi connectivity index (χ0v) is 12.2. The lowest BCUT2D eigenvalue weighted by Crippen LogP contribution is -2.44. The van der Waals surface area contributed by atoms with Gasteiger partial charge in [0.15, 0.2) is 0 Å². The lowest BCUT2D eigenvalue weighted by Gasteiger charge is -2.40. The monoisotopic (exact) mass is 262 g/mol. The van der Waals surface area contributed by atoms with Crippen molar-refractivity contribution in [1.82, 2.24) is 0 Å². The van der Waals surface area contributed by atoms with Crippen LogP contribution in [0.15, 0.2) is 11.6 Å². The molecule has 0 unspecified atom stereocenters. The summed E-state index contributed by atoms with van der Waals surface area (Å²) in [5.41, 5.74) is 0.232. The van der Waals surface area contributed by atoms with Gasteiger partial charge in [-0.2, -0.15) is 0 Å². The van der Waals surface area contributed by atoms with Crippen LogP contribution in [0, 0.1) is 28.6 Å². The quantitative estimate of drug-likeness (QED) is 0.682. The molecule has 1 spiro atoms. The molecule has 2 fully saturated rings. The van der Waals surface area contributed by atoms with Crippen LogP contribution in [0.5, 0.6) is 0 Å². The average molecular weight is 262 g/mol. The molecule has 0 amide bonds. The molecular formula is C16H22O3. The highest BCUT2D eigenvalue weighted by Crippen LogP contribution is 2.71. The molecule has 104 valence electrons. The summed E-state index contributed by atoms with van der Waals surface area (Å²) in [4.78, 5) is 24.7. The van der Waals surface area contributed by atoms with Gasteiger partial charge in [0, 0.05) is 23.3 Å². The molecule has 5 atom stereocenters. The molecule has 2 saturated carbocycles. The maximum absolute atomic E-state index is 12.8. The van der Waals surface area contributed by atoms with Crippen LogP contribution in [0.3, 0.4) is 0 Å². The Balaban J connectivity index is 2.13. The van der Waals surface area contributed by atoms with Crippen LogP contribution >= 0.6 is 0 Å². The van der Waals surface area contributed by atoms with Crippen molar-refractivity contribution in [2.24, 2.45) is 28.6 Å². The zero-order chi connectivity index (χ0) is 14.0. The number of allylic oxidation sites excluding steroid dienone is 1. The van der Waals surface area contributed by atoms with Gasteiger partial charge in [0.1, 0.15) is 5.78 Å². The molecule has 19 heavy (non-hydrogen) atoms. The van der Waals surface area contributed by atoms with E-state index in [1.807, 2.05) is 6.92 Å². The summed E-state index contributed by atoms with van der Waals surface area (Å²) >= 11 is 0. The van der Waals surface area contributed by atoms with Crippen LogP contribution in [0.2, 0.25) is 0 Å². The minimum atomic E-state index is -0.337. The molecule has 3 aliphatic carbocycles. The molecule has 0 aromatic carbocycles. The Morgan fingerprint density at radius 1 is 1.42 bits per heavy atom. The van der Waals surface area contributed by atoms with Crippen LogP contribution in [0.25, 0.3) is 0 Å². The van der Waals surface area contributed by atoms with Crippen molar-refractivity contribution in [2.75, 3.05) is 7.11 Å². The van der Waals surface area contributed by atoms with E-state index in [4.69, 9.17) is 4.74 Å². The van der Waals surface area contributed by atoms with Gasteiger partial charge in [-0.1, -0.05) is 26.8 Å². The summed E-state index contributed by atoms with van der Waals surface area (Å²) in [6.45, 7) is 6.39. The summed E-state index contributed by atoms with van der Waals surface area (Å²) in [5, 5.41) is 0. The van der Waals surface area contributed by atoms with Crippen LogP contribution < -0.4 is 0 Å². The molecule has 0 saturated heterocycles. The van der Waals surface area contributed by atoms with Crippen LogP contribution in [-0.2, 0) is 14.3 Å². The first kappa shape index (κ1) is 12.9. The van der Waals surface area contributed by atoms with Gasteiger partial charge in [-0.15, -0.1) is 0 Å². The Bertz CT molecular complexity index is 492. The van der Waals surface area contributed by atoms with Gasteiger partial charge in [-0.3, -0.25) is 4.79 Å². The van der Waals surface area contributed by atoms with E-state index in [9.17, 15) is 9.59 Å². The van der Waals surface area contributed by atoms with Gasteiger partial charge in [0.05, 0.1) is 7.11 Å². The SMILES string of the molecule is COC(=O)C1=C[C@@]2(C)CC[C@@H]3[C@@H](C)CC(=O)[C@]32[C@@H]1C. The molecule has 0 aromatic rings. The largest absolute Gasteiger partial charge is 0.466 e. The lowest BCUT2D eigenvalue weighted by molar-refractivity contribution is -0.138. The fourth-order valence-corrected chi connectivity index (χ4v) is 5.49. The lowest BCUT2D eigenvalue weighted by atomic mass is 9.60. The number of ether oxygens (including phenoxy) is 1. The van der Waals surface area contributed by atoms with Crippen molar-refractivity contribution in [1.29, 1.82) is 0 Å². The van der Waals surface area contributed by atoms with Crippen molar-refractivity contribution in [3.63, 3.8) is 0 Å². The molecule has 3 rings (SSSR count). The number of ketones is 1. The van der Waals surface area contributed by atoms with E-state index >= 15 is 0 Å². The van der Waals surface area contributed by atoms with Crippen molar-refractivity contribution >= 4 is 11.8 Å². The summed E-state index contributed by atoms with van der Waals surface area (Å²) in [6, 6.07) is 0. The highest BCUT2D eigenvalue weighted by molar-refractivity contribution is 5.97. The van der Waals surface area contributed by atoms with Gasteiger partial charge in [0.2, 0.25) is 0 Å². The van der Waals surface area contributed by atoms with Gasteiger partial charge in [0.25, 0.3) is 0 Å². The molecule has 0 aromatic heterocycles. The third-order valence-electron chi connectivity index (χ3n) is 6.20. The highest BCUT2D eigenvalue weighted by Gasteiger charge is 2.71. The second kappa shape index (κ2) is 3.71. The number of carbonyl (C=O) groups excluding carboxylic acids is 2. The van der Waals surface area contributed by atoms with Crippen molar-refractivity contribution in [3.8, 4) is 0 Å². The van der Waals surface area contributed by atoms with E-state index in [2.05, 4.69) is 19.9 Å². The van der Waals surface area contributed by atoms with E-state index in [1.54, 1.807) is 0 Å². The van der Waals surface area contributed by atoms with E-state index in [0.717, 1.165) is 18.4 Å². The molecule has 0 radical (unpaired) electrons. The second-order valence-electron chi connectivity index (χ2n) is 6.85. The predicted molar refractivity (Wildman–Crippen MR) is 71.3 cm³/mol. The molecule has 0 heterocycles. The summed E-state index contributed by atoms with van der Waals surface area (Å²) in [7, 11) is 1.42. The Hall–Kier alpha value is -1.12. The molecule has 3 nitrogen and oxygen atoms in total. The van der Waals surface area contributed by atoms with Crippen LogP contribution in [-0.4, -0.2) is 18.9 Å². The molecule has 0 bridgehead atoms. The fraction of sp³-hybridized carbons (Fsp3) is 0.750. The maximum Gasteiger partial charge on any atom is 0.333 e. The molecule has 3 heteroatoms. The van der Waals surface area contributed by atoms with Crippen molar-refractivity contribution in [2.45, 2.75) is 40.0 Å². The first-order valence-corrected chi connectivity index (χ1v) is 7.23. The number of rotatable bonds is 1. The fourth-order valence-electron chi connectivity index (χ4n) is 5.49. The minimum Gasteiger partial charge on any atom is -0.466 e. The summed E-state index contributed by atoms with van der Waals surface area (Å²) in [6.07, 6.45) is 4.85. The average Bonchev–Trinajstić information content (AvgIpc) is 2.89. The predicted octanol–water partition coefficient (Wildman–Crippen LogP) is 2.75. The second-order valence-corrected chi connectivity index (χ2v) is 6.85. The number of carbonyl (C=O) groups is 2. The van der Waals surface area contributed by atoms with Gasteiger partial charge in [-0.25, -0.2) is 4.79 Å². The number of methoxy groups -OCH3 is 1. The van der Waals surface area contributed by atoms with E-state index in [-0.39, 0.29) is 22.7 Å². The third kappa shape index (κ3) is 1.24. The first-order chi connectivity index (χ1) is 8.88. The van der Waals surface area contributed by atoms with E-state index in [1.165, 1.54) is 7.11 Å². The van der Waals surface area contributed by atoms with E-state index in [0.29, 0.717) is 24.0 Å². The van der Waals surface area contributed by atoms with Gasteiger partial charge >= 0.3 is 5.97 Å². The number of Topliss-reactive ketones (excluding diaryl/α,β-unsaturated/α-hetero) is 1. The smallest absolute Gasteiger partial charge is 0.333 e. The van der Waals surface area contributed by atoms with Gasteiger partial charge < -0.3 is 4.74 Å². The Labute approximate surface area is 114 Å². The molecular weight excluding hydrogens is 240 g/mol. The number of hydrogen-bond acceptors (Lipinski definition) is 3. The van der Waals surface area contributed by atoms with E-state index < -0.39 is 0 Å². The Kier molecular flexibility index (Phi) is 2.52. The Morgan fingerprint density at radius 3 is 2.74 bits per heavy atom. The standard InChI is InChI=1S/C16H22O3/c1-9-7-13(17)16-10(2)11(14(18)19-4)8-15(16,3)6-5-12(9)16/h8-10,12H,5-7H2,1-4H3/t9-,10+,12+,15+,16-/m0/s1. The molecule has 0 N–H and O–H groups in total. The molecule has 3 aliphatic rings. The number of hydrogen-bond donors (Lipinski definition) is 0. The Morgan fingerprint density at radius 2 is 2.11 bits per heavy atom. The van der Waals surface area contributed by atoms with Crippen LogP contribution in [0.1, 0.15) is 40.0 Å². The first-order valence-electron chi connectivity index (χ1n) is 7.23. The van der Waals surface area contributed by atoms with Crippen molar-refractivity contribution in [3.05, 3.63) is 11.6 Å². The summed E-state index contributed by atoms with van der Waals surface area (Å²) < 4.78 is 4.90. The highest BCUT2D eigenvalue weighted by atomic mass is 16.5. The van der Waals surface area contributed by atoms with Gasteiger partial charge in [-0.05, 0) is 30.1 Å². The maximum atomic E-state index is 12.8.